The van der Waals surface area contributed by atoms with Gasteiger partial charge in [-0.15, -0.1) is 0 Å². The van der Waals surface area contributed by atoms with Gasteiger partial charge in [0.25, 0.3) is 0 Å². The number of aromatic nitrogens is 1. The van der Waals surface area contributed by atoms with Gasteiger partial charge in [-0.1, -0.05) is 82.3 Å². The molecule has 1 aromatic heterocycles. The Morgan fingerprint density at radius 3 is 2.38 bits per heavy atom. The minimum Gasteiger partial charge on any atom is -0.397 e. The quantitative estimate of drug-likeness (QED) is 0.217. The number of allylic oxidation sites excluding steroid dienone is 4. The zero-order chi connectivity index (χ0) is 27.8. The molecule has 2 aliphatic rings. The fraction of sp³-hybridized carbons (Fsp3) is 0.243. The number of hydrogen-bond acceptors (Lipinski definition) is 2. The fourth-order valence-electron chi connectivity index (χ4n) is 6.57. The maximum atomic E-state index is 6.35. The second-order valence-electron chi connectivity index (χ2n) is 10.6. The standard InChI is InChI=1S/C35H33N3.C2H6/c1-3-22-13-10-14-26(22)27-20-28-29-17-25(24-11-6-5-7-12-24)18-30-33(37-32-16-9-8-15-31(32)36)21-38(35(29)30)34(28)19-23(27)4-2;1-2/h5-13,15-20,33,37H,3-4,14,21,36H2,1-2H3;1-2H3. The maximum Gasteiger partial charge on any atom is 0.0714 e. The third-order valence-electron chi connectivity index (χ3n) is 8.47. The van der Waals surface area contributed by atoms with Crippen molar-refractivity contribution in [2.75, 3.05) is 11.1 Å². The van der Waals surface area contributed by atoms with Crippen LogP contribution in [0.25, 0.3) is 38.5 Å². The molecule has 0 spiro atoms. The van der Waals surface area contributed by atoms with Crippen molar-refractivity contribution in [3.05, 3.63) is 113 Å². The number of rotatable bonds is 6. The molecule has 0 radical (unpaired) electrons. The van der Waals surface area contributed by atoms with E-state index in [9.17, 15) is 0 Å². The number of anilines is 2. The molecule has 202 valence electrons. The summed E-state index contributed by atoms with van der Waals surface area (Å²) in [6.07, 6.45) is 7.78. The molecule has 40 heavy (non-hydrogen) atoms. The molecule has 5 aromatic rings. The molecule has 1 aliphatic carbocycles. The third kappa shape index (κ3) is 4.21. The topological polar surface area (TPSA) is 43.0 Å². The third-order valence-corrected chi connectivity index (χ3v) is 8.47. The predicted octanol–water partition coefficient (Wildman–Crippen LogP) is 9.92. The molecular weight excluding hydrogens is 486 g/mol. The lowest BCUT2D eigenvalue weighted by Crippen LogP contribution is -2.13. The van der Waals surface area contributed by atoms with E-state index in [1.165, 1.54) is 60.8 Å². The number of nitrogen functional groups attached to an aromatic ring is 1. The number of fused-ring (bicyclic) bond motifs is 3. The van der Waals surface area contributed by atoms with Crippen molar-refractivity contribution < 1.29 is 0 Å². The van der Waals surface area contributed by atoms with E-state index in [-0.39, 0.29) is 6.04 Å². The van der Waals surface area contributed by atoms with Crippen LogP contribution in [0.3, 0.4) is 0 Å². The molecule has 7 rings (SSSR count). The van der Waals surface area contributed by atoms with Gasteiger partial charge in [-0.3, -0.25) is 0 Å². The molecule has 0 saturated heterocycles. The molecule has 0 fully saturated rings. The van der Waals surface area contributed by atoms with E-state index in [4.69, 9.17) is 5.73 Å². The van der Waals surface area contributed by atoms with E-state index >= 15 is 0 Å². The second kappa shape index (κ2) is 10.7. The van der Waals surface area contributed by atoms with Crippen LogP contribution in [0.5, 0.6) is 0 Å². The highest BCUT2D eigenvalue weighted by Crippen LogP contribution is 2.45. The van der Waals surface area contributed by atoms with E-state index in [2.05, 4.69) is 96.5 Å². The normalized spacial score (nSPS) is 15.7. The Hall–Kier alpha value is -4.24. The average Bonchev–Trinajstić information content (AvgIpc) is 3.71. The van der Waals surface area contributed by atoms with E-state index in [1.807, 2.05) is 32.0 Å². The molecule has 3 nitrogen and oxygen atoms in total. The molecule has 0 saturated carbocycles. The highest BCUT2D eigenvalue weighted by molar-refractivity contribution is 6.12. The fourth-order valence-corrected chi connectivity index (χ4v) is 6.57. The lowest BCUT2D eigenvalue weighted by atomic mass is 9.91. The number of benzene rings is 4. The summed E-state index contributed by atoms with van der Waals surface area (Å²) in [6, 6.07) is 28.7. The molecule has 1 atom stereocenters. The van der Waals surface area contributed by atoms with Crippen molar-refractivity contribution in [2.24, 2.45) is 0 Å². The molecule has 1 unspecified atom stereocenters. The number of nitrogens with zero attached hydrogens (tertiary/aromatic N) is 1. The van der Waals surface area contributed by atoms with Crippen LogP contribution in [-0.2, 0) is 13.0 Å². The Balaban J connectivity index is 0.00000142. The number of para-hydroxylation sites is 2. The lowest BCUT2D eigenvalue weighted by molar-refractivity contribution is 0.686. The van der Waals surface area contributed by atoms with Gasteiger partial charge in [0.2, 0.25) is 0 Å². The first-order chi connectivity index (χ1) is 19.7. The maximum absolute atomic E-state index is 6.35. The summed E-state index contributed by atoms with van der Waals surface area (Å²) in [5, 5.41) is 6.48. The van der Waals surface area contributed by atoms with Crippen molar-refractivity contribution >= 4 is 38.8 Å². The van der Waals surface area contributed by atoms with Crippen LogP contribution in [0.15, 0.2) is 96.6 Å². The van der Waals surface area contributed by atoms with Gasteiger partial charge in [-0.05, 0) is 89.1 Å². The van der Waals surface area contributed by atoms with Crippen molar-refractivity contribution in [3.8, 4) is 11.1 Å². The first-order valence-electron chi connectivity index (χ1n) is 14.8. The smallest absolute Gasteiger partial charge is 0.0714 e. The number of hydrogen-bond donors (Lipinski definition) is 2. The van der Waals surface area contributed by atoms with E-state index in [1.54, 1.807) is 0 Å². The summed E-state index contributed by atoms with van der Waals surface area (Å²) < 4.78 is 2.54. The van der Waals surface area contributed by atoms with Crippen molar-refractivity contribution in [1.29, 1.82) is 0 Å². The number of nitrogens with two attached hydrogens (primary N) is 1. The lowest BCUT2D eigenvalue weighted by Gasteiger charge is -2.19. The van der Waals surface area contributed by atoms with Gasteiger partial charge in [0.05, 0.1) is 22.9 Å². The summed E-state index contributed by atoms with van der Waals surface area (Å²) in [7, 11) is 0. The summed E-state index contributed by atoms with van der Waals surface area (Å²) in [4.78, 5) is 0. The zero-order valence-electron chi connectivity index (χ0n) is 24.1. The minimum atomic E-state index is 0.156. The first-order valence-corrected chi connectivity index (χ1v) is 14.8. The molecule has 3 heteroatoms. The SMILES string of the molecule is CC.CCC1=C(c2cc3c4cc(-c5ccccc5)cc5c4n(c3cc2CC)CC5Nc2ccccc2N)CC=C1. The van der Waals surface area contributed by atoms with E-state index in [0.29, 0.717) is 0 Å². The van der Waals surface area contributed by atoms with Gasteiger partial charge in [0.15, 0.2) is 0 Å². The molecular formula is C37H39N3. The van der Waals surface area contributed by atoms with Gasteiger partial charge in [0.1, 0.15) is 0 Å². The monoisotopic (exact) mass is 525 g/mol. The Morgan fingerprint density at radius 1 is 0.850 bits per heavy atom. The van der Waals surface area contributed by atoms with Gasteiger partial charge in [-0.25, -0.2) is 0 Å². The molecule has 1 aliphatic heterocycles. The van der Waals surface area contributed by atoms with Crippen LogP contribution in [0, 0.1) is 0 Å². The molecule has 0 bridgehead atoms. The van der Waals surface area contributed by atoms with Crippen molar-refractivity contribution in [2.45, 2.75) is 59.5 Å². The van der Waals surface area contributed by atoms with E-state index < -0.39 is 0 Å². The van der Waals surface area contributed by atoms with Crippen molar-refractivity contribution in [3.63, 3.8) is 0 Å². The van der Waals surface area contributed by atoms with Crippen LogP contribution >= 0.6 is 0 Å². The molecule has 3 N–H and O–H groups in total. The average molecular weight is 526 g/mol. The van der Waals surface area contributed by atoms with Crippen molar-refractivity contribution in [1.82, 2.24) is 4.57 Å². The second-order valence-corrected chi connectivity index (χ2v) is 10.6. The molecule has 2 heterocycles. The number of nitrogens with one attached hydrogen (secondary N) is 1. The molecule has 0 amide bonds. The van der Waals surface area contributed by atoms with Crippen LogP contribution in [0.4, 0.5) is 11.4 Å². The summed E-state index contributed by atoms with van der Waals surface area (Å²) in [5.41, 5.74) is 20.5. The highest BCUT2D eigenvalue weighted by Gasteiger charge is 2.29. The van der Waals surface area contributed by atoms with Crippen LogP contribution in [0.2, 0.25) is 0 Å². The first kappa shape index (κ1) is 26.0. The van der Waals surface area contributed by atoms with Gasteiger partial charge >= 0.3 is 0 Å². The summed E-state index contributed by atoms with van der Waals surface area (Å²) in [6.45, 7) is 9.44. The Kier molecular flexibility index (Phi) is 6.98. The molecule has 4 aromatic carbocycles. The Labute approximate surface area is 238 Å². The summed E-state index contributed by atoms with van der Waals surface area (Å²) >= 11 is 0. The zero-order valence-corrected chi connectivity index (χ0v) is 24.1. The van der Waals surface area contributed by atoms with Gasteiger partial charge in [-0.2, -0.15) is 0 Å². The predicted molar refractivity (Wildman–Crippen MR) is 174 cm³/mol. The van der Waals surface area contributed by atoms with Gasteiger partial charge in [0, 0.05) is 28.4 Å². The minimum absolute atomic E-state index is 0.156. The van der Waals surface area contributed by atoms with Crippen LogP contribution in [0.1, 0.15) is 63.3 Å². The van der Waals surface area contributed by atoms with Crippen LogP contribution < -0.4 is 11.1 Å². The Morgan fingerprint density at radius 2 is 1.62 bits per heavy atom. The highest BCUT2D eigenvalue weighted by atomic mass is 15.1. The number of aryl methyl sites for hydroxylation is 1. The van der Waals surface area contributed by atoms with Crippen LogP contribution in [-0.4, -0.2) is 4.57 Å². The largest absolute Gasteiger partial charge is 0.397 e. The van der Waals surface area contributed by atoms with Gasteiger partial charge < -0.3 is 15.6 Å². The van der Waals surface area contributed by atoms with E-state index in [0.717, 1.165) is 37.2 Å². The Bertz CT molecular complexity index is 1770. The summed E-state index contributed by atoms with van der Waals surface area (Å²) in [5.74, 6) is 0.